The molecular weight excluding hydrogens is 268 g/mol. The van der Waals surface area contributed by atoms with Crippen molar-refractivity contribution in [1.82, 2.24) is 9.80 Å². The van der Waals surface area contributed by atoms with Crippen molar-refractivity contribution in [2.24, 2.45) is 0 Å². The molecule has 2 amide bonds. The van der Waals surface area contributed by atoms with Crippen LogP contribution in [0.2, 0.25) is 0 Å². The number of carboxylic acid groups (broad SMARTS) is 1. The van der Waals surface area contributed by atoms with Crippen LogP contribution in [0, 0.1) is 0 Å². The number of benzene rings is 1. The standard InChI is InChI=1S/C16H22N2O3/c1-3-4-5-8-17(2)16(21)18-10-13-7-6-12(15(19)20)9-14(13)11-18/h6-7,9H,3-5,8,10-11H2,1-2H3,(H,19,20). The van der Waals surface area contributed by atoms with Crippen LogP contribution in [0.3, 0.4) is 0 Å². The Kier molecular flexibility index (Phi) is 4.83. The number of carbonyl (C=O) groups is 2. The highest BCUT2D eigenvalue weighted by atomic mass is 16.4. The van der Waals surface area contributed by atoms with Gasteiger partial charge in [0.1, 0.15) is 0 Å². The summed E-state index contributed by atoms with van der Waals surface area (Å²) in [5.41, 5.74) is 2.25. The summed E-state index contributed by atoms with van der Waals surface area (Å²) in [5.74, 6) is -0.931. The van der Waals surface area contributed by atoms with Gasteiger partial charge in [0.2, 0.25) is 0 Å². The molecule has 0 atom stereocenters. The van der Waals surface area contributed by atoms with Gasteiger partial charge in [-0.3, -0.25) is 0 Å². The number of carbonyl (C=O) groups excluding carboxylic acids is 1. The number of hydrogen-bond acceptors (Lipinski definition) is 2. The lowest BCUT2D eigenvalue weighted by Crippen LogP contribution is -2.38. The summed E-state index contributed by atoms with van der Waals surface area (Å²) in [4.78, 5) is 26.9. The molecule has 0 saturated carbocycles. The smallest absolute Gasteiger partial charge is 0.335 e. The Labute approximate surface area is 125 Å². The Hall–Kier alpha value is -2.04. The largest absolute Gasteiger partial charge is 0.478 e. The molecular formula is C16H22N2O3. The van der Waals surface area contributed by atoms with Crippen LogP contribution in [0.5, 0.6) is 0 Å². The van der Waals surface area contributed by atoms with Crippen molar-refractivity contribution in [3.63, 3.8) is 0 Å². The maximum Gasteiger partial charge on any atom is 0.335 e. The third-order valence-corrected chi connectivity index (χ3v) is 3.87. The first-order valence-corrected chi connectivity index (χ1v) is 7.38. The van der Waals surface area contributed by atoms with Crippen LogP contribution in [0.1, 0.15) is 47.7 Å². The van der Waals surface area contributed by atoms with Crippen LogP contribution in [0.25, 0.3) is 0 Å². The van der Waals surface area contributed by atoms with E-state index in [2.05, 4.69) is 6.92 Å². The summed E-state index contributed by atoms with van der Waals surface area (Å²) in [7, 11) is 1.82. The summed E-state index contributed by atoms with van der Waals surface area (Å²) < 4.78 is 0. The summed E-state index contributed by atoms with van der Waals surface area (Å²) in [6.45, 7) is 3.96. The van der Waals surface area contributed by atoms with Gasteiger partial charge in [-0.2, -0.15) is 0 Å². The second-order valence-electron chi connectivity index (χ2n) is 5.56. The van der Waals surface area contributed by atoms with Crippen LogP contribution in [0.4, 0.5) is 4.79 Å². The zero-order chi connectivity index (χ0) is 15.4. The minimum Gasteiger partial charge on any atom is -0.478 e. The molecule has 0 radical (unpaired) electrons. The summed E-state index contributed by atoms with van der Waals surface area (Å²) >= 11 is 0. The van der Waals surface area contributed by atoms with E-state index in [-0.39, 0.29) is 11.6 Å². The van der Waals surface area contributed by atoms with Crippen molar-refractivity contribution in [2.45, 2.75) is 39.3 Å². The molecule has 0 bridgehead atoms. The Morgan fingerprint density at radius 2 is 1.95 bits per heavy atom. The van der Waals surface area contributed by atoms with Gasteiger partial charge in [-0.25, -0.2) is 9.59 Å². The number of unbranched alkanes of at least 4 members (excludes halogenated alkanes) is 2. The van der Waals surface area contributed by atoms with E-state index >= 15 is 0 Å². The third kappa shape index (κ3) is 3.54. The number of nitrogens with zero attached hydrogens (tertiary/aromatic N) is 2. The number of fused-ring (bicyclic) bond motifs is 1. The minimum atomic E-state index is -0.931. The van der Waals surface area contributed by atoms with Crippen LogP contribution in [-0.4, -0.2) is 40.5 Å². The highest BCUT2D eigenvalue weighted by Gasteiger charge is 2.26. The van der Waals surface area contributed by atoms with Crippen molar-refractivity contribution in [3.8, 4) is 0 Å². The zero-order valence-electron chi connectivity index (χ0n) is 12.6. The number of aromatic carboxylic acids is 1. The van der Waals surface area contributed by atoms with E-state index in [9.17, 15) is 9.59 Å². The number of hydrogen-bond donors (Lipinski definition) is 1. The fraction of sp³-hybridized carbons (Fsp3) is 0.500. The van der Waals surface area contributed by atoms with E-state index in [0.717, 1.165) is 36.9 Å². The second kappa shape index (κ2) is 6.61. The highest BCUT2D eigenvalue weighted by molar-refractivity contribution is 5.88. The fourth-order valence-electron chi connectivity index (χ4n) is 2.60. The first kappa shape index (κ1) is 15.4. The number of carboxylic acids is 1. The minimum absolute atomic E-state index is 0.0131. The van der Waals surface area contributed by atoms with Gasteiger partial charge < -0.3 is 14.9 Å². The first-order valence-electron chi connectivity index (χ1n) is 7.38. The molecule has 21 heavy (non-hydrogen) atoms. The summed E-state index contributed by atoms with van der Waals surface area (Å²) in [5, 5.41) is 9.01. The molecule has 5 nitrogen and oxygen atoms in total. The molecule has 0 spiro atoms. The van der Waals surface area contributed by atoms with Gasteiger partial charge in [0, 0.05) is 26.7 Å². The molecule has 1 aliphatic rings. The molecule has 0 saturated heterocycles. The number of urea groups is 1. The molecule has 2 rings (SSSR count). The van der Waals surface area contributed by atoms with Gasteiger partial charge in [0.05, 0.1) is 5.56 Å². The predicted molar refractivity (Wildman–Crippen MR) is 80.2 cm³/mol. The van der Waals surface area contributed by atoms with E-state index < -0.39 is 5.97 Å². The lowest BCUT2D eigenvalue weighted by molar-refractivity contribution is 0.0696. The quantitative estimate of drug-likeness (QED) is 0.848. The Morgan fingerprint density at radius 1 is 1.24 bits per heavy atom. The van der Waals surface area contributed by atoms with Crippen LogP contribution < -0.4 is 0 Å². The van der Waals surface area contributed by atoms with Crippen LogP contribution >= 0.6 is 0 Å². The maximum atomic E-state index is 12.4. The van der Waals surface area contributed by atoms with Crippen molar-refractivity contribution < 1.29 is 14.7 Å². The average molecular weight is 290 g/mol. The van der Waals surface area contributed by atoms with Gasteiger partial charge in [0.25, 0.3) is 0 Å². The van der Waals surface area contributed by atoms with Crippen molar-refractivity contribution >= 4 is 12.0 Å². The van der Waals surface area contributed by atoms with E-state index in [1.54, 1.807) is 21.9 Å². The molecule has 1 aromatic carbocycles. The Bertz CT molecular complexity index is 542. The van der Waals surface area contributed by atoms with E-state index in [1.807, 2.05) is 13.1 Å². The number of amides is 2. The molecule has 0 aliphatic carbocycles. The molecule has 114 valence electrons. The second-order valence-corrected chi connectivity index (χ2v) is 5.56. The fourth-order valence-corrected chi connectivity index (χ4v) is 2.60. The SMILES string of the molecule is CCCCCN(C)C(=O)N1Cc2ccc(C(=O)O)cc2C1. The molecule has 0 aromatic heterocycles. The van der Waals surface area contributed by atoms with E-state index in [4.69, 9.17) is 5.11 Å². The number of rotatable bonds is 5. The van der Waals surface area contributed by atoms with E-state index in [1.165, 1.54) is 0 Å². The highest BCUT2D eigenvalue weighted by Crippen LogP contribution is 2.24. The van der Waals surface area contributed by atoms with Gasteiger partial charge in [-0.15, -0.1) is 0 Å². The van der Waals surface area contributed by atoms with Crippen molar-refractivity contribution in [1.29, 1.82) is 0 Å². The van der Waals surface area contributed by atoms with Crippen molar-refractivity contribution in [3.05, 3.63) is 34.9 Å². The Morgan fingerprint density at radius 3 is 2.62 bits per heavy atom. The van der Waals surface area contributed by atoms with Gasteiger partial charge in [-0.1, -0.05) is 25.8 Å². The topological polar surface area (TPSA) is 60.9 Å². The van der Waals surface area contributed by atoms with Gasteiger partial charge >= 0.3 is 12.0 Å². The molecule has 1 heterocycles. The van der Waals surface area contributed by atoms with Crippen LogP contribution in [0.15, 0.2) is 18.2 Å². The predicted octanol–water partition coefficient (Wildman–Crippen LogP) is 2.94. The molecule has 0 fully saturated rings. The van der Waals surface area contributed by atoms with Crippen molar-refractivity contribution in [2.75, 3.05) is 13.6 Å². The molecule has 1 aromatic rings. The van der Waals surface area contributed by atoms with Gasteiger partial charge in [0.15, 0.2) is 0 Å². The maximum absolute atomic E-state index is 12.4. The lowest BCUT2D eigenvalue weighted by Gasteiger charge is -2.24. The molecule has 1 N–H and O–H groups in total. The Balaban J connectivity index is 1.98. The normalized spacial score (nSPS) is 13.1. The monoisotopic (exact) mass is 290 g/mol. The van der Waals surface area contributed by atoms with E-state index in [0.29, 0.717) is 13.1 Å². The lowest BCUT2D eigenvalue weighted by atomic mass is 10.1. The zero-order valence-corrected chi connectivity index (χ0v) is 12.6. The van der Waals surface area contributed by atoms with Gasteiger partial charge in [-0.05, 0) is 29.7 Å². The molecule has 5 heteroatoms. The molecule has 1 aliphatic heterocycles. The summed E-state index contributed by atoms with van der Waals surface area (Å²) in [6.07, 6.45) is 3.28. The summed E-state index contributed by atoms with van der Waals surface area (Å²) in [6, 6.07) is 5.09. The average Bonchev–Trinajstić information content (AvgIpc) is 2.89. The third-order valence-electron chi connectivity index (χ3n) is 3.87. The van der Waals surface area contributed by atoms with Crippen LogP contribution in [-0.2, 0) is 13.1 Å². The molecule has 0 unspecified atom stereocenters. The first-order chi connectivity index (χ1) is 10.0.